The predicted molar refractivity (Wildman–Crippen MR) is 93.2 cm³/mol. The van der Waals surface area contributed by atoms with Crippen LogP contribution in [0.15, 0.2) is 20.9 Å². The van der Waals surface area contributed by atoms with Crippen LogP contribution in [-0.4, -0.2) is 68.8 Å². The van der Waals surface area contributed by atoms with Gasteiger partial charge in [0.1, 0.15) is 12.2 Å². The second kappa shape index (κ2) is 8.97. The second-order valence-corrected chi connectivity index (χ2v) is 6.30. The van der Waals surface area contributed by atoms with E-state index < -0.39 is 48.5 Å². The molecule has 28 heavy (non-hydrogen) atoms. The monoisotopic (exact) mass is 400 g/mol. The number of hydrogen-bond donors (Lipinski definition) is 3. The summed E-state index contributed by atoms with van der Waals surface area (Å²) in [7, 11) is 0. The fraction of sp³-hybridized carbons (Fsp3) is 0.667. The fourth-order valence-electron chi connectivity index (χ4n) is 2.82. The molecule has 12 nitrogen and oxygen atoms in total. The number of halogens is 1. The summed E-state index contributed by atoms with van der Waals surface area (Å²) in [6.45, 7) is -0.320. The van der Waals surface area contributed by atoms with E-state index in [4.69, 9.17) is 10.3 Å². The standard InChI is InChI=1S/C15H21FN6O6/c1-9(24)15(8-23,19-20-17)28-11(6-16)22-7-10(12(25)18-14(22)27)13(26)21-4-2-3-5-21/h7,9,11,23-24H,2-6,8H2,1H3,(H,18,25,27)/t9-,11-,15-/m1/s1. The van der Waals surface area contributed by atoms with Crippen LogP contribution >= 0.6 is 0 Å². The maximum absolute atomic E-state index is 13.7. The minimum Gasteiger partial charge on any atom is -0.393 e. The van der Waals surface area contributed by atoms with Gasteiger partial charge in [0.2, 0.25) is 0 Å². The summed E-state index contributed by atoms with van der Waals surface area (Å²) < 4.78 is 19.5. The Morgan fingerprint density at radius 3 is 2.64 bits per heavy atom. The number of hydrogen-bond acceptors (Lipinski definition) is 7. The van der Waals surface area contributed by atoms with E-state index in [1.807, 2.05) is 4.98 Å². The first-order valence-corrected chi connectivity index (χ1v) is 8.53. The fourth-order valence-corrected chi connectivity index (χ4v) is 2.82. The van der Waals surface area contributed by atoms with Gasteiger partial charge in [-0.3, -0.25) is 19.1 Å². The molecule has 1 aromatic heterocycles. The van der Waals surface area contributed by atoms with E-state index in [-0.39, 0.29) is 5.56 Å². The summed E-state index contributed by atoms with van der Waals surface area (Å²) in [5, 5.41) is 22.5. The zero-order chi connectivity index (χ0) is 20.9. The van der Waals surface area contributed by atoms with Gasteiger partial charge in [-0.05, 0) is 25.3 Å². The Labute approximate surface area is 157 Å². The number of nitrogens with zero attached hydrogens (tertiary/aromatic N) is 5. The van der Waals surface area contributed by atoms with E-state index in [9.17, 15) is 29.0 Å². The van der Waals surface area contributed by atoms with Crippen molar-refractivity contribution in [2.45, 2.75) is 37.8 Å². The van der Waals surface area contributed by atoms with Gasteiger partial charge in [-0.2, -0.15) is 0 Å². The summed E-state index contributed by atoms with van der Waals surface area (Å²) in [5.74, 6) is -0.621. The molecule has 3 atom stereocenters. The van der Waals surface area contributed by atoms with Crippen LogP contribution in [-0.2, 0) is 4.74 Å². The number of aromatic nitrogens is 2. The lowest BCUT2D eigenvalue weighted by Crippen LogP contribution is -2.48. The zero-order valence-corrected chi connectivity index (χ0v) is 15.1. The Hall–Kier alpha value is -2.73. The maximum Gasteiger partial charge on any atom is 0.330 e. The van der Waals surface area contributed by atoms with Crippen LogP contribution in [0.25, 0.3) is 10.4 Å². The van der Waals surface area contributed by atoms with Gasteiger partial charge in [0.25, 0.3) is 11.5 Å². The first-order chi connectivity index (χ1) is 13.3. The van der Waals surface area contributed by atoms with Crippen molar-refractivity contribution in [1.82, 2.24) is 14.5 Å². The maximum atomic E-state index is 13.7. The van der Waals surface area contributed by atoms with Gasteiger partial charge in [0.05, 0.1) is 12.7 Å². The molecule has 1 saturated heterocycles. The van der Waals surface area contributed by atoms with E-state index in [0.717, 1.165) is 26.0 Å². The first kappa shape index (κ1) is 21.6. The van der Waals surface area contributed by atoms with E-state index in [1.165, 1.54) is 4.90 Å². The quantitative estimate of drug-likeness (QED) is 0.305. The van der Waals surface area contributed by atoms with Crippen molar-refractivity contribution in [3.63, 3.8) is 0 Å². The molecule has 0 saturated carbocycles. The highest BCUT2D eigenvalue weighted by Gasteiger charge is 2.39. The Kier molecular flexibility index (Phi) is 6.91. The van der Waals surface area contributed by atoms with Crippen LogP contribution < -0.4 is 11.2 Å². The summed E-state index contributed by atoms with van der Waals surface area (Å²) in [4.78, 5) is 42.5. The normalized spacial score (nSPS) is 18.2. The molecule has 2 heterocycles. The van der Waals surface area contributed by atoms with Gasteiger partial charge in [-0.1, -0.05) is 5.11 Å². The van der Waals surface area contributed by atoms with Crippen LogP contribution in [0.1, 0.15) is 36.4 Å². The van der Waals surface area contributed by atoms with E-state index in [0.29, 0.717) is 17.7 Å². The molecule has 0 spiro atoms. The Balaban J connectivity index is 2.47. The van der Waals surface area contributed by atoms with Crippen molar-refractivity contribution in [1.29, 1.82) is 0 Å². The zero-order valence-electron chi connectivity index (χ0n) is 15.1. The number of likely N-dealkylation sites (tertiary alicyclic amines) is 1. The number of aromatic amines is 1. The average molecular weight is 400 g/mol. The van der Waals surface area contributed by atoms with Crippen LogP contribution in [0.5, 0.6) is 0 Å². The predicted octanol–water partition coefficient (Wildman–Crippen LogP) is -0.363. The van der Waals surface area contributed by atoms with Crippen molar-refractivity contribution < 1.29 is 24.1 Å². The van der Waals surface area contributed by atoms with Crippen molar-refractivity contribution in [3.8, 4) is 0 Å². The number of amides is 1. The Bertz CT molecular complexity index is 873. The summed E-state index contributed by atoms with van der Waals surface area (Å²) in [6, 6.07) is 0. The molecular formula is C15H21FN6O6. The lowest BCUT2D eigenvalue weighted by molar-refractivity contribution is -0.193. The number of aliphatic hydroxyl groups excluding tert-OH is 2. The minimum atomic E-state index is -2.28. The largest absolute Gasteiger partial charge is 0.393 e. The lowest BCUT2D eigenvalue weighted by Gasteiger charge is -2.33. The van der Waals surface area contributed by atoms with Crippen molar-refractivity contribution in [2.75, 3.05) is 26.4 Å². The number of ether oxygens (including phenoxy) is 1. The van der Waals surface area contributed by atoms with E-state index >= 15 is 0 Å². The number of aliphatic hydroxyl groups is 2. The van der Waals surface area contributed by atoms with Crippen LogP contribution in [0, 0.1) is 0 Å². The molecule has 0 aliphatic carbocycles. The molecule has 1 amide bonds. The molecule has 13 heteroatoms. The van der Waals surface area contributed by atoms with Crippen molar-refractivity contribution in [3.05, 3.63) is 43.0 Å². The smallest absolute Gasteiger partial charge is 0.330 e. The highest BCUT2D eigenvalue weighted by atomic mass is 19.1. The number of alkyl halides is 1. The van der Waals surface area contributed by atoms with Crippen LogP contribution in [0.3, 0.4) is 0 Å². The molecule has 0 radical (unpaired) electrons. The molecule has 0 aromatic carbocycles. The molecule has 1 aliphatic heterocycles. The third kappa shape index (κ3) is 4.22. The number of carbonyl (C=O) groups excluding carboxylic acids is 1. The minimum absolute atomic E-state index is 0.390. The third-order valence-corrected chi connectivity index (χ3v) is 4.47. The van der Waals surface area contributed by atoms with E-state index in [2.05, 4.69) is 10.0 Å². The van der Waals surface area contributed by atoms with Gasteiger partial charge < -0.3 is 19.8 Å². The van der Waals surface area contributed by atoms with Crippen molar-refractivity contribution in [2.24, 2.45) is 5.11 Å². The lowest BCUT2D eigenvalue weighted by atomic mass is 10.1. The van der Waals surface area contributed by atoms with Gasteiger partial charge in [-0.15, -0.1) is 0 Å². The summed E-state index contributed by atoms with van der Waals surface area (Å²) in [5.41, 5.74) is 3.98. The molecular weight excluding hydrogens is 379 g/mol. The topological polar surface area (TPSA) is 174 Å². The molecule has 0 bridgehead atoms. The second-order valence-electron chi connectivity index (χ2n) is 6.30. The number of rotatable bonds is 8. The highest BCUT2D eigenvalue weighted by molar-refractivity contribution is 5.93. The van der Waals surface area contributed by atoms with Gasteiger partial charge in [-0.25, -0.2) is 9.18 Å². The Morgan fingerprint density at radius 2 is 2.14 bits per heavy atom. The number of carbonyl (C=O) groups is 1. The van der Waals surface area contributed by atoms with E-state index in [1.54, 1.807) is 0 Å². The highest BCUT2D eigenvalue weighted by Crippen LogP contribution is 2.25. The molecule has 154 valence electrons. The third-order valence-electron chi connectivity index (χ3n) is 4.47. The first-order valence-electron chi connectivity index (χ1n) is 8.53. The summed E-state index contributed by atoms with van der Waals surface area (Å²) >= 11 is 0. The molecule has 1 fully saturated rings. The van der Waals surface area contributed by atoms with Crippen molar-refractivity contribution >= 4 is 5.91 Å². The number of azide groups is 1. The SMILES string of the molecule is C[C@@H](O)[C@](CO)(N=[N+]=[N-])O[C@H](CF)n1cc(C(=O)N2CCCC2)c(=O)[nH]c1=O. The molecule has 1 aromatic rings. The van der Waals surface area contributed by atoms with Gasteiger partial charge in [0, 0.05) is 24.2 Å². The average Bonchev–Trinajstić information content (AvgIpc) is 3.20. The molecule has 3 N–H and O–H groups in total. The molecule has 1 aliphatic rings. The van der Waals surface area contributed by atoms with Crippen LogP contribution in [0.4, 0.5) is 4.39 Å². The number of H-pyrrole nitrogens is 1. The van der Waals surface area contributed by atoms with Crippen LogP contribution in [0.2, 0.25) is 0 Å². The Morgan fingerprint density at radius 1 is 1.50 bits per heavy atom. The molecule has 2 rings (SSSR count). The number of nitrogens with one attached hydrogen (secondary N) is 1. The van der Waals surface area contributed by atoms with Gasteiger partial charge >= 0.3 is 5.69 Å². The molecule has 0 unspecified atom stereocenters. The van der Waals surface area contributed by atoms with Gasteiger partial charge in [0.15, 0.2) is 12.0 Å². The summed E-state index contributed by atoms with van der Waals surface area (Å²) in [6.07, 6.45) is -0.946.